The Balaban J connectivity index is 2.89. The number of halogens is 2. The van der Waals surface area contributed by atoms with Crippen molar-refractivity contribution in [3.05, 3.63) is 22.7 Å². The number of rotatable bonds is 7. The number of benzene rings is 1. The van der Waals surface area contributed by atoms with Gasteiger partial charge < -0.3 is 4.74 Å². The summed E-state index contributed by atoms with van der Waals surface area (Å²) in [5.41, 5.74) is 1.18. The summed E-state index contributed by atoms with van der Waals surface area (Å²) in [7, 11) is -1.94. The van der Waals surface area contributed by atoms with Crippen LogP contribution in [0.3, 0.4) is 0 Å². The third kappa shape index (κ3) is 5.09. The number of anilines is 1. The molecule has 0 aliphatic rings. The molecule has 0 aliphatic carbocycles. The van der Waals surface area contributed by atoms with Gasteiger partial charge in [0.25, 0.3) is 0 Å². The van der Waals surface area contributed by atoms with Gasteiger partial charge in [-0.2, -0.15) is 0 Å². The van der Waals surface area contributed by atoms with Crippen LogP contribution >= 0.6 is 23.2 Å². The molecule has 0 unspecified atom stereocenters. The van der Waals surface area contributed by atoms with Crippen LogP contribution in [-0.2, 0) is 10.0 Å². The Hall–Kier alpha value is -0.650. The van der Waals surface area contributed by atoms with E-state index in [1.807, 2.05) is 0 Å². The molecule has 0 fully saturated rings. The predicted molar refractivity (Wildman–Crippen MR) is 80.1 cm³/mol. The van der Waals surface area contributed by atoms with Crippen LogP contribution < -0.4 is 9.46 Å². The van der Waals surface area contributed by atoms with Crippen molar-refractivity contribution in [2.24, 2.45) is 0 Å². The summed E-state index contributed by atoms with van der Waals surface area (Å²) in [5, 5.41) is 0.530. The van der Waals surface area contributed by atoms with Crippen LogP contribution in [0.1, 0.15) is 18.4 Å². The average molecular weight is 326 g/mol. The van der Waals surface area contributed by atoms with E-state index in [0.29, 0.717) is 35.2 Å². The number of aryl methyl sites for hydroxylation is 1. The second kappa shape index (κ2) is 7.22. The highest BCUT2D eigenvalue weighted by Crippen LogP contribution is 2.31. The minimum atomic E-state index is -3.40. The average Bonchev–Trinajstić information content (AvgIpc) is 2.33. The van der Waals surface area contributed by atoms with Crippen LogP contribution in [0, 0.1) is 6.92 Å². The molecule has 0 atom stereocenters. The number of unbranched alkanes of at least 4 members (excludes halogenated alkanes) is 1. The van der Waals surface area contributed by atoms with E-state index in [1.165, 1.54) is 7.11 Å². The van der Waals surface area contributed by atoms with E-state index in [1.54, 1.807) is 19.1 Å². The Morgan fingerprint density at radius 1 is 1.32 bits per heavy atom. The maximum Gasteiger partial charge on any atom is 0.232 e. The second-order valence-electron chi connectivity index (χ2n) is 4.12. The van der Waals surface area contributed by atoms with Gasteiger partial charge in [0.1, 0.15) is 5.75 Å². The zero-order valence-electron chi connectivity index (χ0n) is 10.9. The Morgan fingerprint density at radius 3 is 2.58 bits per heavy atom. The molecular weight excluding hydrogens is 309 g/mol. The Bertz CT molecular complexity index is 532. The van der Waals surface area contributed by atoms with Gasteiger partial charge in [0.2, 0.25) is 10.0 Å². The fourth-order valence-electron chi connectivity index (χ4n) is 1.52. The molecule has 0 radical (unpaired) electrons. The van der Waals surface area contributed by atoms with Crippen LogP contribution in [-0.4, -0.2) is 27.2 Å². The van der Waals surface area contributed by atoms with E-state index < -0.39 is 10.0 Å². The zero-order valence-corrected chi connectivity index (χ0v) is 13.2. The third-order valence-electron chi connectivity index (χ3n) is 2.54. The molecule has 0 aliphatic heterocycles. The zero-order chi connectivity index (χ0) is 14.5. The lowest BCUT2D eigenvalue weighted by molar-refractivity contribution is 0.417. The highest BCUT2D eigenvalue weighted by Gasteiger charge is 2.14. The molecule has 0 amide bonds. The smallest absolute Gasteiger partial charge is 0.232 e. The first kappa shape index (κ1) is 16.4. The molecule has 1 rings (SSSR count). The maximum atomic E-state index is 11.9. The fraction of sp³-hybridized carbons (Fsp3) is 0.500. The third-order valence-corrected chi connectivity index (χ3v) is 4.57. The monoisotopic (exact) mass is 325 g/mol. The van der Waals surface area contributed by atoms with E-state index in [9.17, 15) is 8.42 Å². The van der Waals surface area contributed by atoms with Crippen molar-refractivity contribution in [1.29, 1.82) is 0 Å². The quantitative estimate of drug-likeness (QED) is 0.617. The van der Waals surface area contributed by atoms with Crippen molar-refractivity contribution in [3.8, 4) is 5.75 Å². The van der Waals surface area contributed by atoms with Gasteiger partial charge in [0.15, 0.2) is 0 Å². The molecule has 0 saturated carbocycles. The van der Waals surface area contributed by atoms with E-state index in [-0.39, 0.29) is 5.75 Å². The standard InChI is InChI=1S/C12H17Cl2NO3S/c1-9-7-11(12(18-2)8-10(9)14)15-19(16,17)6-4-3-5-13/h7-8,15H,3-6H2,1-2H3. The van der Waals surface area contributed by atoms with Gasteiger partial charge in [-0.3, -0.25) is 4.72 Å². The minimum absolute atomic E-state index is 0.0323. The van der Waals surface area contributed by atoms with Gasteiger partial charge in [-0.15, -0.1) is 11.6 Å². The molecule has 0 spiro atoms. The summed E-state index contributed by atoms with van der Waals surface area (Å²) in [6, 6.07) is 3.24. The van der Waals surface area contributed by atoms with Crippen molar-refractivity contribution in [1.82, 2.24) is 0 Å². The Kier molecular flexibility index (Phi) is 6.23. The van der Waals surface area contributed by atoms with Gasteiger partial charge in [-0.1, -0.05) is 11.6 Å². The molecule has 0 saturated heterocycles. The van der Waals surface area contributed by atoms with Crippen LogP contribution in [0.2, 0.25) is 5.02 Å². The number of hydrogen-bond donors (Lipinski definition) is 1. The molecule has 108 valence electrons. The van der Waals surface area contributed by atoms with Crippen molar-refractivity contribution in [2.75, 3.05) is 23.5 Å². The number of ether oxygens (including phenoxy) is 1. The fourth-order valence-corrected chi connectivity index (χ4v) is 3.04. The summed E-state index contributed by atoms with van der Waals surface area (Å²) in [6.07, 6.45) is 1.19. The van der Waals surface area contributed by atoms with E-state index in [0.717, 1.165) is 5.56 Å². The summed E-state index contributed by atoms with van der Waals surface area (Å²) in [5.74, 6) is 0.889. The normalized spacial score (nSPS) is 11.4. The number of nitrogens with one attached hydrogen (secondary N) is 1. The van der Waals surface area contributed by atoms with Gasteiger partial charge in [-0.05, 0) is 31.4 Å². The van der Waals surface area contributed by atoms with Crippen molar-refractivity contribution < 1.29 is 13.2 Å². The predicted octanol–water partition coefficient (Wildman–Crippen LogP) is 3.42. The van der Waals surface area contributed by atoms with Crippen molar-refractivity contribution in [3.63, 3.8) is 0 Å². The highest BCUT2D eigenvalue weighted by atomic mass is 35.5. The first-order valence-corrected chi connectivity index (χ1v) is 8.36. The number of hydrogen-bond acceptors (Lipinski definition) is 3. The lowest BCUT2D eigenvalue weighted by Crippen LogP contribution is -2.17. The van der Waals surface area contributed by atoms with Gasteiger partial charge >= 0.3 is 0 Å². The van der Waals surface area contributed by atoms with Crippen molar-refractivity contribution >= 4 is 38.9 Å². The van der Waals surface area contributed by atoms with Gasteiger partial charge in [0.05, 0.1) is 18.6 Å². The Morgan fingerprint density at radius 2 is 2.00 bits per heavy atom. The summed E-state index contributed by atoms with van der Waals surface area (Å²) >= 11 is 11.5. The summed E-state index contributed by atoms with van der Waals surface area (Å²) < 4.78 is 31.4. The van der Waals surface area contributed by atoms with E-state index >= 15 is 0 Å². The highest BCUT2D eigenvalue weighted by molar-refractivity contribution is 7.92. The van der Waals surface area contributed by atoms with Gasteiger partial charge in [-0.25, -0.2) is 8.42 Å². The molecule has 0 bridgehead atoms. The van der Waals surface area contributed by atoms with E-state index in [4.69, 9.17) is 27.9 Å². The topological polar surface area (TPSA) is 55.4 Å². The van der Waals surface area contributed by atoms with Crippen LogP contribution in [0.15, 0.2) is 12.1 Å². The van der Waals surface area contributed by atoms with E-state index in [2.05, 4.69) is 4.72 Å². The SMILES string of the molecule is COc1cc(Cl)c(C)cc1NS(=O)(=O)CCCCCl. The molecule has 1 aromatic carbocycles. The Labute approximate surface area is 124 Å². The molecule has 4 nitrogen and oxygen atoms in total. The first-order chi connectivity index (χ1) is 8.89. The molecule has 1 N–H and O–H groups in total. The lowest BCUT2D eigenvalue weighted by Gasteiger charge is -2.13. The minimum Gasteiger partial charge on any atom is -0.495 e. The van der Waals surface area contributed by atoms with Crippen LogP contribution in [0.5, 0.6) is 5.75 Å². The number of sulfonamides is 1. The van der Waals surface area contributed by atoms with Crippen LogP contribution in [0.25, 0.3) is 0 Å². The molecule has 19 heavy (non-hydrogen) atoms. The second-order valence-corrected chi connectivity index (χ2v) is 6.75. The largest absolute Gasteiger partial charge is 0.495 e. The molecule has 0 aromatic heterocycles. The summed E-state index contributed by atoms with van der Waals surface area (Å²) in [6.45, 7) is 1.80. The summed E-state index contributed by atoms with van der Waals surface area (Å²) in [4.78, 5) is 0. The maximum absolute atomic E-state index is 11.9. The number of alkyl halides is 1. The van der Waals surface area contributed by atoms with Gasteiger partial charge in [0, 0.05) is 17.0 Å². The molecule has 7 heteroatoms. The van der Waals surface area contributed by atoms with Crippen LogP contribution in [0.4, 0.5) is 5.69 Å². The van der Waals surface area contributed by atoms with Crippen molar-refractivity contribution in [2.45, 2.75) is 19.8 Å². The molecular formula is C12H17Cl2NO3S. The molecule has 1 aromatic rings. The number of methoxy groups -OCH3 is 1. The first-order valence-electron chi connectivity index (χ1n) is 5.80. The lowest BCUT2D eigenvalue weighted by atomic mass is 10.2. The molecule has 0 heterocycles.